The van der Waals surface area contributed by atoms with E-state index in [2.05, 4.69) is 26.2 Å². The number of hydrogen-bond acceptors (Lipinski definition) is 4. The number of anilines is 2. The van der Waals surface area contributed by atoms with Gasteiger partial charge in [-0.25, -0.2) is 4.98 Å². The van der Waals surface area contributed by atoms with Crippen molar-refractivity contribution in [2.75, 3.05) is 18.2 Å². The molecule has 1 aromatic carbocycles. The highest BCUT2D eigenvalue weighted by Crippen LogP contribution is 2.22. The molecule has 5 nitrogen and oxygen atoms in total. The number of nitrogens with one attached hydrogen (secondary N) is 1. The standard InChI is InChI=1S/C13H12BrN3O2/c1-19-11-6-9(15)3-4-10(11)13(18)17-12-5-2-8(14)7-16-12/h2-7H,15H2,1H3,(H,16,17,18). The SMILES string of the molecule is COc1cc(N)ccc1C(=O)Nc1ccc(Br)cn1. The predicted molar refractivity (Wildman–Crippen MR) is 77.3 cm³/mol. The van der Waals surface area contributed by atoms with E-state index in [0.29, 0.717) is 22.8 Å². The molecule has 0 atom stereocenters. The van der Waals surface area contributed by atoms with Crippen molar-refractivity contribution in [2.24, 2.45) is 0 Å². The number of carbonyl (C=O) groups is 1. The number of hydrogen-bond donors (Lipinski definition) is 2. The molecule has 0 aliphatic carbocycles. The number of carbonyl (C=O) groups excluding carboxylic acids is 1. The molecule has 1 amide bonds. The van der Waals surface area contributed by atoms with Gasteiger partial charge in [-0.15, -0.1) is 0 Å². The summed E-state index contributed by atoms with van der Waals surface area (Å²) in [6.45, 7) is 0. The topological polar surface area (TPSA) is 77.2 Å². The fourth-order valence-corrected chi connectivity index (χ4v) is 1.76. The first kappa shape index (κ1) is 13.4. The molecule has 2 aromatic rings. The summed E-state index contributed by atoms with van der Waals surface area (Å²) in [4.78, 5) is 16.2. The van der Waals surface area contributed by atoms with Crippen molar-refractivity contribution in [1.29, 1.82) is 0 Å². The Labute approximate surface area is 118 Å². The third kappa shape index (κ3) is 3.23. The minimum Gasteiger partial charge on any atom is -0.496 e. The van der Waals surface area contributed by atoms with Crippen molar-refractivity contribution in [2.45, 2.75) is 0 Å². The molecule has 1 aromatic heterocycles. The lowest BCUT2D eigenvalue weighted by atomic mass is 10.1. The molecule has 0 aliphatic rings. The van der Waals surface area contributed by atoms with E-state index < -0.39 is 0 Å². The number of rotatable bonds is 3. The molecule has 0 bridgehead atoms. The van der Waals surface area contributed by atoms with Crippen LogP contribution >= 0.6 is 15.9 Å². The Balaban J connectivity index is 2.22. The first-order chi connectivity index (χ1) is 9.10. The highest BCUT2D eigenvalue weighted by Gasteiger charge is 2.13. The van der Waals surface area contributed by atoms with Gasteiger partial charge in [-0.3, -0.25) is 4.79 Å². The predicted octanol–water partition coefficient (Wildman–Crippen LogP) is 2.69. The highest BCUT2D eigenvalue weighted by atomic mass is 79.9. The summed E-state index contributed by atoms with van der Waals surface area (Å²) >= 11 is 3.28. The molecule has 0 unspecified atom stereocenters. The van der Waals surface area contributed by atoms with Crippen LogP contribution in [0, 0.1) is 0 Å². The molecule has 98 valence electrons. The van der Waals surface area contributed by atoms with Crippen molar-refractivity contribution in [1.82, 2.24) is 4.98 Å². The summed E-state index contributed by atoms with van der Waals surface area (Å²) in [5, 5.41) is 2.69. The van der Waals surface area contributed by atoms with Crippen LogP contribution in [0.5, 0.6) is 5.75 Å². The smallest absolute Gasteiger partial charge is 0.260 e. The number of halogens is 1. The third-order valence-corrected chi connectivity index (χ3v) is 2.91. The van der Waals surface area contributed by atoms with E-state index in [4.69, 9.17) is 10.5 Å². The minimum absolute atomic E-state index is 0.299. The average molecular weight is 322 g/mol. The quantitative estimate of drug-likeness (QED) is 0.852. The number of benzene rings is 1. The fraction of sp³-hybridized carbons (Fsp3) is 0.0769. The molecular weight excluding hydrogens is 310 g/mol. The van der Waals surface area contributed by atoms with E-state index in [-0.39, 0.29) is 5.91 Å². The van der Waals surface area contributed by atoms with Gasteiger partial charge in [0.25, 0.3) is 5.91 Å². The lowest BCUT2D eigenvalue weighted by molar-refractivity contribution is 0.102. The Hall–Kier alpha value is -2.08. The maximum absolute atomic E-state index is 12.1. The van der Waals surface area contributed by atoms with Gasteiger partial charge in [0, 0.05) is 22.4 Å². The van der Waals surface area contributed by atoms with Gasteiger partial charge in [0.1, 0.15) is 11.6 Å². The van der Waals surface area contributed by atoms with Crippen LogP contribution in [0.4, 0.5) is 11.5 Å². The number of ether oxygens (including phenoxy) is 1. The molecule has 0 fully saturated rings. The largest absolute Gasteiger partial charge is 0.496 e. The number of nitrogens with two attached hydrogens (primary N) is 1. The Morgan fingerprint density at radius 2 is 2.16 bits per heavy atom. The molecule has 1 heterocycles. The van der Waals surface area contributed by atoms with Crippen molar-refractivity contribution >= 4 is 33.3 Å². The van der Waals surface area contributed by atoms with E-state index in [0.717, 1.165) is 4.47 Å². The van der Waals surface area contributed by atoms with Gasteiger partial charge in [0.05, 0.1) is 12.7 Å². The average Bonchev–Trinajstić information content (AvgIpc) is 2.41. The number of amides is 1. The summed E-state index contributed by atoms with van der Waals surface area (Å²) in [6, 6.07) is 8.35. The number of nitrogen functional groups attached to an aromatic ring is 1. The van der Waals surface area contributed by atoms with Crippen LogP contribution in [0.3, 0.4) is 0 Å². The molecule has 0 saturated carbocycles. The minimum atomic E-state index is -0.299. The van der Waals surface area contributed by atoms with E-state index in [9.17, 15) is 4.79 Å². The van der Waals surface area contributed by atoms with E-state index in [1.807, 2.05) is 0 Å². The molecule has 0 radical (unpaired) electrons. The van der Waals surface area contributed by atoms with Crippen LogP contribution in [-0.2, 0) is 0 Å². The second-order valence-corrected chi connectivity index (χ2v) is 4.69. The zero-order chi connectivity index (χ0) is 13.8. The number of methoxy groups -OCH3 is 1. The van der Waals surface area contributed by atoms with Gasteiger partial charge in [0.15, 0.2) is 0 Å². The van der Waals surface area contributed by atoms with E-state index in [1.165, 1.54) is 7.11 Å². The van der Waals surface area contributed by atoms with Crippen LogP contribution < -0.4 is 15.8 Å². The van der Waals surface area contributed by atoms with Gasteiger partial charge < -0.3 is 15.8 Å². The molecule has 19 heavy (non-hydrogen) atoms. The van der Waals surface area contributed by atoms with Crippen LogP contribution in [0.2, 0.25) is 0 Å². The second kappa shape index (κ2) is 5.71. The molecule has 0 saturated heterocycles. The zero-order valence-electron chi connectivity index (χ0n) is 10.2. The monoisotopic (exact) mass is 321 g/mol. The second-order valence-electron chi connectivity index (χ2n) is 3.78. The first-order valence-corrected chi connectivity index (χ1v) is 6.26. The normalized spacial score (nSPS) is 10.0. The summed E-state index contributed by atoms with van der Waals surface area (Å²) in [6.07, 6.45) is 1.61. The van der Waals surface area contributed by atoms with Crippen molar-refractivity contribution in [3.05, 3.63) is 46.6 Å². The fourth-order valence-electron chi connectivity index (χ4n) is 1.53. The molecule has 2 rings (SSSR count). The van der Waals surface area contributed by atoms with Crippen molar-refractivity contribution in [3.63, 3.8) is 0 Å². The Kier molecular flexibility index (Phi) is 4.01. The van der Waals surface area contributed by atoms with Crippen LogP contribution in [-0.4, -0.2) is 18.0 Å². The van der Waals surface area contributed by atoms with Gasteiger partial charge in [-0.2, -0.15) is 0 Å². The van der Waals surface area contributed by atoms with Gasteiger partial charge in [0.2, 0.25) is 0 Å². The number of nitrogens with zero attached hydrogens (tertiary/aromatic N) is 1. The van der Waals surface area contributed by atoms with Crippen molar-refractivity contribution < 1.29 is 9.53 Å². The van der Waals surface area contributed by atoms with E-state index in [1.54, 1.807) is 36.5 Å². The Morgan fingerprint density at radius 1 is 1.37 bits per heavy atom. The van der Waals surface area contributed by atoms with Crippen LogP contribution in [0.15, 0.2) is 41.0 Å². The molecular formula is C13H12BrN3O2. The third-order valence-electron chi connectivity index (χ3n) is 2.44. The zero-order valence-corrected chi connectivity index (χ0v) is 11.8. The van der Waals surface area contributed by atoms with Crippen LogP contribution in [0.1, 0.15) is 10.4 Å². The highest BCUT2D eigenvalue weighted by molar-refractivity contribution is 9.10. The maximum Gasteiger partial charge on any atom is 0.260 e. The summed E-state index contributed by atoms with van der Waals surface area (Å²) in [7, 11) is 1.49. The summed E-state index contributed by atoms with van der Waals surface area (Å²) in [5.41, 5.74) is 6.58. The van der Waals surface area contributed by atoms with E-state index >= 15 is 0 Å². The molecule has 6 heteroatoms. The Bertz CT molecular complexity index is 599. The van der Waals surface area contributed by atoms with Gasteiger partial charge in [-0.05, 0) is 40.2 Å². The molecule has 0 spiro atoms. The Morgan fingerprint density at radius 3 is 2.79 bits per heavy atom. The summed E-state index contributed by atoms with van der Waals surface area (Å²) < 4.78 is 5.98. The molecule has 0 aliphatic heterocycles. The lowest BCUT2D eigenvalue weighted by Crippen LogP contribution is -2.14. The maximum atomic E-state index is 12.1. The van der Waals surface area contributed by atoms with Gasteiger partial charge in [-0.1, -0.05) is 0 Å². The lowest BCUT2D eigenvalue weighted by Gasteiger charge is -2.09. The summed E-state index contributed by atoms with van der Waals surface area (Å²) in [5.74, 6) is 0.591. The first-order valence-electron chi connectivity index (χ1n) is 5.46. The van der Waals surface area contributed by atoms with Crippen LogP contribution in [0.25, 0.3) is 0 Å². The number of pyridine rings is 1. The van der Waals surface area contributed by atoms with Crippen molar-refractivity contribution in [3.8, 4) is 5.75 Å². The number of aromatic nitrogens is 1. The van der Waals surface area contributed by atoms with Gasteiger partial charge >= 0.3 is 0 Å². The molecule has 3 N–H and O–H groups in total.